The maximum absolute atomic E-state index is 5.89. The van der Waals surface area contributed by atoms with Crippen molar-refractivity contribution in [3.05, 3.63) is 49.6 Å². The standard InChI is InChI=1S/C40H66O/c1-3-5-11-33-15-23-37(24-16-33)39-27-19-35(20-28-39)13-7-9-31-41-32-10-8-14-36-21-29-40(30-22-36)38-25-17-34(18-26-38)12-6-4-2/h3-4,7-10,33-40H,1-2,5-6,11-32H2/t33-,34-,35-,36-,37-,38-,39-,40-. The van der Waals surface area contributed by atoms with Crippen molar-refractivity contribution in [2.24, 2.45) is 47.3 Å². The Morgan fingerprint density at radius 3 is 1.05 bits per heavy atom. The molecule has 4 aliphatic rings. The first-order chi connectivity index (χ1) is 20.2. The summed E-state index contributed by atoms with van der Waals surface area (Å²) in [5, 5.41) is 0. The van der Waals surface area contributed by atoms with Crippen molar-refractivity contribution in [1.29, 1.82) is 0 Å². The van der Waals surface area contributed by atoms with Crippen molar-refractivity contribution in [3.8, 4) is 0 Å². The molecule has 0 heterocycles. The fourth-order valence-electron chi connectivity index (χ4n) is 9.31. The van der Waals surface area contributed by atoms with Crippen molar-refractivity contribution in [1.82, 2.24) is 0 Å². The third-order valence-corrected chi connectivity index (χ3v) is 12.2. The van der Waals surface area contributed by atoms with Crippen LogP contribution in [0.5, 0.6) is 0 Å². The third-order valence-electron chi connectivity index (χ3n) is 12.2. The molecule has 4 saturated carbocycles. The average molecular weight is 563 g/mol. The van der Waals surface area contributed by atoms with Crippen LogP contribution in [0.4, 0.5) is 0 Å². The molecule has 1 heteroatoms. The summed E-state index contributed by atoms with van der Waals surface area (Å²) in [7, 11) is 0. The molecule has 1 nitrogen and oxygen atoms in total. The van der Waals surface area contributed by atoms with Gasteiger partial charge in [-0.1, -0.05) is 62.1 Å². The summed E-state index contributed by atoms with van der Waals surface area (Å²) in [6.45, 7) is 9.36. The van der Waals surface area contributed by atoms with Crippen LogP contribution in [0.1, 0.15) is 141 Å². The summed E-state index contributed by atoms with van der Waals surface area (Å²) in [6, 6.07) is 0. The minimum atomic E-state index is 0.774. The van der Waals surface area contributed by atoms with Gasteiger partial charge in [-0.05, 0) is 163 Å². The van der Waals surface area contributed by atoms with E-state index in [4.69, 9.17) is 4.74 Å². The van der Waals surface area contributed by atoms with Gasteiger partial charge in [0.1, 0.15) is 0 Å². The van der Waals surface area contributed by atoms with Crippen molar-refractivity contribution in [2.75, 3.05) is 13.2 Å². The molecule has 0 atom stereocenters. The molecule has 0 bridgehead atoms. The van der Waals surface area contributed by atoms with E-state index in [0.717, 1.165) is 60.6 Å². The predicted molar refractivity (Wildman–Crippen MR) is 179 cm³/mol. The van der Waals surface area contributed by atoms with Gasteiger partial charge in [0, 0.05) is 0 Å². The van der Waals surface area contributed by atoms with Crippen LogP contribution in [0.2, 0.25) is 0 Å². The number of allylic oxidation sites excluding steroid dienone is 4. The Balaban J connectivity index is 0.963. The van der Waals surface area contributed by atoms with Gasteiger partial charge in [-0.25, -0.2) is 0 Å². The summed E-state index contributed by atoms with van der Waals surface area (Å²) in [5.41, 5.74) is 0. The number of hydrogen-bond acceptors (Lipinski definition) is 1. The lowest BCUT2D eigenvalue weighted by Gasteiger charge is -2.37. The second-order valence-corrected chi connectivity index (χ2v) is 14.8. The molecule has 232 valence electrons. The van der Waals surface area contributed by atoms with E-state index in [1.807, 2.05) is 0 Å². The highest BCUT2D eigenvalue weighted by atomic mass is 16.5. The first kappa shape index (κ1) is 32.8. The summed E-state index contributed by atoms with van der Waals surface area (Å²) >= 11 is 0. The Labute approximate surface area is 255 Å². The summed E-state index contributed by atoms with van der Waals surface area (Å²) < 4.78 is 5.89. The molecule has 0 unspecified atom stereocenters. The quantitative estimate of drug-likeness (QED) is 0.134. The van der Waals surface area contributed by atoms with Gasteiger partial charge in [-0.3, -0.25) is 0 Å². The number of ether oxygens (including phenoxy) is 1. The molecule has 0 saturated heterocycles. The molecule has 0 radical (unpaired) electrons. The van der Waals surface area contributed by atoms with E-state index in [1.54, 1.807) is 0 Å². The number of rotatable bonds is 16. The first-order valence-corrected chi connectivity index (χ1v) is 18.3. The number of hydrogen-bond donors (Lipinski definition) is 0. The third kappa shape index (κ3) is 11.8. The van der Waals surface area contributed by atoms with Crippen LogP contribution in [0.15, 0.2) is 49.6 Å². The van der Waals surface area contributed by atoms with E-state index in [9.17, 15) is 0 Å². The molecule has 0 N–H and O–H groups in total. The SMILES string of the molecule is C=CCC[C@H]1CC[C@H]([C@H]2CC[C@H](CC=CCOCC=CC[C@H]3CC[C@H]([C@H]4CC[C@H](CCC=C)CC4)CC3)CC2)CC1. The largest absolute Gasteiger partial charge is 0.373 e. The second-order valence-electron chi connectivity index (χ2n) is 14.8. The lowest BCUT2D eigenvalue weighted by Crippen LogP contribution is -2.25. The molecule has 4 aliphatic carbocycles. The fraction of sp³-hybridized carbons (Fsp3) is 0.800. The van der Waals surface area contributed by atoms with Crippen LogP contribution in [0.25, 0.3) is 0 Å². The van der Waals surface area contributed by atoms with Crippen LogP contribution < -0.4 is 0 Å². The van der Waals surface area contributed by atoms with Gasteiger partial charge >= 0.3 is 0 Å². The van der Waals surface area contributed by atoms with E-state index in [1.165, 1.54) is 141 Å². The lowest BCUT2D eigenvalue weighted by atomic mass is 9.68. The van der Waals surface area contributed by atoms with Gasteiger partial charge < -0.3 is 4.74 Å². The van der Waals surface area contributed by atoms with Gasteiger partial charge in [-0.15, -0.1) is 13.2 Å². The maximum Gasteiger partial charge on any atom is 0.0651 e. The average Bonchev–Trinajstić information content (AvgIpc) is 3.03. The van der Waals surface area contributed by atoms with Gasteiger partial charge in [0.25, 0.3) is 0 Å². The molecule has 0 aromatic heterocycles. The summed E-state index contributed by atoms with van der Waals surface area (Å²) in [4.78, 5) is 0. The minimum Gasteiger partial charge on any atom is -0.373 e. The Kier molecular flexibility index (Phi) is 15.4. The van der Waals surface area contributed by atoms with Crippen LogP contribution in [-0.4, -0.2) is 13.2 Å². The zero-order valence-corrected chi connectivity index (χ0v) is 26.9. The van der Waals surface area contributed by atoms with Gasteiger partial charge in [0.05, 0.1) is 13.2 Å². The van der Waals surface area contributed by atoms with Crippen molar-refractivity contribution in [3.63, 3.8) is 0 Å². The summed E-state index contributed by atoms with van der Waals surface area (Å²) in [5.74, 6) is 7.92. The van der Waals surface area contributed by atoms with E-state index < -0.39 is 0 Å². The van der Waals surface area contributed by atoms with Gasteiger partial charge in [-0.2, -0.15) is 0 Å². The highest BCUT2D eigenvalue weighted by Crippen LogP contribution is 2.44. The molecule has 0 aliphatic heterocycles. The monoisotopic (exact) mass is 563 g/mol. The topological polar surface area (TPSA) is 9.23 Å². The van der Waals surface area contributed by atoms with Gasteiger partial charge in [0.2, 0.25) is 0 Å². The van der Waals surface area contributed by atoms with Crippen LogP contribution in [0.3, 0.4) is 0 Å². The van der Waals surface area contributed by atoms with Crippen molar-refractivity contribution in [2.45, 2.75) is 141 Å². The Morgan fingerprint density at radius 2 is 0.732 bits per heavy atom. The zero-order valence-electron chi connectivity index (χ0n) is 26.9. The van der Waals surface area contributed by atoms with E-state index in [-0.39, 0.29) is 0 Å². The molecular weight excluding hydrogens is 496 g/mol. The van der Waals surface area contributed by atoms with Crippen molar-refractivity contribution >= 4 is 0 Å². The molecule has 0 amide bonds. The highest BCUT2D eigenvalue weighted by Gasteiger charge is 2.31. The second kappa shape index (κ2) is 19.2. The van der Waals surface area contributed by atoms with E-state index in [2.05, 4.69) is 49.6 Å². The smallest absolute Gasteiger partial charge is 0.0651 e. The van der Waals surface area contributed by atoms with E-state index in [0.29, 0.717) is 0 Å². The highest BCUT2D eigenvalue weighted by molar-refractivity contribution is 4.90. The molecule has 0 spiro atoms. The minimum absolute atomic E-state index is 0.774. The van der Waals surface area contributed by atoms with Gasteiger partial charge in [0.15, 0.2) is 0 Å². The molecular formula is C40H66O. The summed E-state index contributed by atoms with van der Waals surface area (Å²) in [6.07, 6.45) is 45.0. The van der Waals surface area contributed by atoms with Crippen LogP contribution in [-0.2, 0) is 4.74 Å². The van der Waals surface area contributed by atoms with Crippen LogP contribution in [0, 0.1) is 47.3 Å². The predicted octanol–water partition coefficient (Wildman–Crippen LogP) is 12.1. The van der Waals surface area contributed by atoms with Crippen molar-refractivity contribution < 1.29 is 4.74 Å². The first-order valence-electron chi connectivity index (χ1n) is 18.3. The van der Waals surface area contributed by atoms with Crippen LogP contribution >= 0.6 is 0 Å². The Hall–Kier alpha value is -1.08. The molecule has 4 fully saturated rings. The molecule has 0 aromatic rings. The zero-order chi connectivity index (χ0) is 28.5. The van der Waals surface area contributed by atoms with E-state index >= 15 is 0 Å². The molecule has 41 heavy (non-hydrogen) atoms. The molecule has 4 rings (SSSR count). The Morgan fingerprint density at radius 1 is 0.415 bits per heavy atom. The Bertz CT molecular complexity index is 682. The fourth-order valence-corrected chi connectivity index (χ4v) is 9.31. The normalized spacial score (nSPS) is 35.1. The lowest BCUT2D eigenvalue weighted by molar-refractivity contribution is 0.144. The molecule has 0 aromatic carbocycles. The maximum atomic E-state index is 5.89.